The van der Waals surface area contributed by atoms with Gasteiger partial charge in [0.2, 0.25) is 0 Å². The van der Waals surface area contributed by atoms with Crippen LogP contribution in [0.5, 0.6) is 11.5 Å². The van der Waals surface area contributed by atoms with Gasteiger partial charge in [0.25, 0.3) is 5.91 Å². The number of rotatable bonds is 6. The molecule has 0 aliphatic carbocycles. The first-order chi connectivity index (χ1) is 13.9. The third-order valence-electron chi connectivity index (χ3n) is 3.78. The van der Waals surface area contributed by atoms with Gasteiger partial charge in [-0.2, -0.15) is 0 Å². The lowest BCUT2D eigenvalue weighted by molar-refractivity contribution is -0.141. The van der Waals surface area contributed by atoms with Gasteiger partial charge in [0, 0.05) is 11.8 Å². The monoisotopic (exact) mass is 414 g/mol. The minimum atomic E-state index is -0.980. The second-order valence-electron chi connectivity index (χ2n) is 5.98. The molecule has 8 heteroatoms. The van der Waals surface area contributed by atoms with E-state index in [9.17, 15) is 14.0 Å². The summed E-state index contributed by atoms with van der Waals surface area (Å²) >= 11 is 5.88. The molecule has 1 atom stereocenters. The molecule has 0 saturated carbocycles. The van der Waals surface area contributed by atoms with Crippen molar-refractivity contribution >= 4 is 29.2 Å². The molecule has 0 saturated heterocycles. The van der Waals surface area contributed by atoms with Crippen LogP contribution in [0.1, 0.15) is 17.3 Å². The number of nitrogens with one attached hydrogen (secondary N) is 1. The SMILES string of the molecule is CC(Oc1ccc(F)cc1Cl)C(=O)Oc1ccc(C(=O)Nc2cccnc2)cc1. The van der Waals surface area contributed by atoms with Crippen LogP contribution in [0, 0.1) is 5.82 Å². The molecule has 3 rings (SSSR count). The average molecular weight is 415 g/mol. The topological polar surface area (TPSA) is 77.5 Å². The van der Waals surface area contributed by atoms with Crippen LogP contribution in [-0.2, 0) is 4.79 Å². The highest BCUT2D eigenvalue weighted by Crippen LogP contribution is 2.26. The average Bonchev–Trinajstić information content (AvgIpc) is 2.71. The molecule has 1 heterocycles. The Morgan fingerprint density at radius 3 is 2.55 bits per heavy atom. The number of nitrogens with zero attached hydrogens (tertiary/aromatic N) is 1. The first kappa shape index (κ1) is 20.3. The van der Waals surface area contributed by atoms with Crippen molar-refractivity contribution in [2.75, 3.05) is 5.32 Å². The number of hydrogen-bond acceptors (Lipinski definition) is 5. The number of ether oxygens (including phenoxy) is 2. The number of carbonyl (C=O) groups is 2. The van der Waals surface area contributed by atoms with Gasteiger partial charge in [0.15, 0.2) is 6.10 Å². The minimum Gasteiger partial charge on any atom is -0.477 e. The van der Waals surface area contributed by atoms with Gasteiger partial charge in [-0.25, -0.2) is 9.18 Å². The summed E-state index contributed by atoms with van der Waals surface area (Å²) in [7, 11) is 0. The Kier molecular flexibility index (Phi) is 6.41. The van der Waals surface area contributed by atoms with E-state index in [2.05, 4.69) is 10.3 Å². The van der Waals surface area contributed by atoms with Crippen molar-refractivity contribution in [3.05, 3.63) is 83.4 Å². The summed E-state index contributed by atoms with van der Waals surface area (Å²) in [5.74, 6) is -1.09. The molecule has 148 valence electrons. The van der Waals surface area contributed by atoms with E-state index in [1.807, 2.05) is 0 Å². The van der Waals surface area contributed by atoms with Gasteiger partial charge in [0.05, 0.1) is 16.9 Å². The van der Waals surface area contributed by atoms with Gasteiger partial charge < -0.3 is 14.8 Å². The van der Waals surface area contributed by atoms with E-state index >= 15 is 0 Å². The van der Waals surface area contributed by atoms with Crippen molar-refractivity contribution in [3.63, 3.8) is 0 Å². The fourth-order valence-electron chi connectivity index (χ4n) is 2.32. The molecule has 0 radical (unpaired) electrons. The van der Waals surface area contributed by atoms with Crippen LogP contribution in [0.25, 0.3) is 0 Å². The van der Waals surface area contributed by atoms with E-state index in [0.717, 1.165) is 6.07 Å². The Bertz CT molecular complexity index is 1010. The molecule has 29 heavy (non-hydrogen) atoms. The zero-order chi connectivity index (χ0) is 20.8. The molecule has 0 spiro atoms. The minimum absolute atomic E-state index is 0.0497. The van der Waals surface area contributed by atoms with Crippen LogP contribution >= 0.6 is 11.6 Å². The molecule has 1 N–H and O–H groups in total. The van der Waals surface area contributed by atoms with Crippen molar-refractivity contribution in [1.82, 2.24) is 4.98 Å². The van der Waals surface area contributed by atoms with Gasteiger partial charge in [-0.05, 0) is 61.5 Å². The number of amides is 1. The molecule has 0 aliphatic heterocycles. The summed E-state index contributed by atoms with van der Waals surface area (Å²) < 4.78 is 23.7. The number of esters is 1. The number of aromatic nitrogens is 1. The van der Waals surface area contributed by atoms with Gasteiger partial charge in [-0.3, -0.25) is 9.78 Å². The first-order valence-corrected chi connectivity index (χ1v) is 8.95. The van der Waals surface area contributed by atoms with Crippen LogP contribution in [0.4, 0.5) is 10.1 Å². The molecule has 1 aromatic heterocycles. The molecule has 1 amide bonds. The Morgan fingerprint density at radius 1 is 1.14 bits per heavy atom. The van der Waals surface area contributed by atoms with E-state index in [1.54, 1.807) is 18.3 Å². The van der Waals surface area contributed by atoms with Crippen LogP contribution in [-0.4, -0.2) is 23.0 Å². The number of benzene rings is 2. The molecule has 1 unspecified atom stereocenters. The zero-order valence-electron chi connectivity index (χ0n) is 15.3. The fourth-order valence-corrected chi connectivity index (χ4v) is 2.53. The highest BCUT2D eigenvalue weighted by atomic mass is 35.5. The maximum Gasteiger partial charge on any atom is 0.352 e. The summed E-state index contributed by atoms with van der Waals surface area (Å²) in [4.78, 5) is 28.3. The molecular weight excluding hydrogens is 399 g/mol. The molecule has 3 aromatic rings. The van der Waals surface area contributed by atoms with Crippen LogP contribution < -0.4 is 14.8 Å². The van der Waals surface area contributed by atoms with E-state index in [4.69, 9.17) is 21.1 Å². The largest absolute Gasteiger partial charge is 0.477 e. The summed E-state index contributed by atoms with van der Waals surface area (Å²) in [6.07, 6.45) is 2.16. The van der Waals surface area contributed by atoms with Crippen molar-refractivity contribution < 1.29 is 23.5 Å². The summed E-state index contributed by atoms with van der Waals surface area (Å²) in [5.41, 5.74) is 0.953. The predicted octanol–water partition coefficient (Wildman–Crippen LogP) is 4.50. The zero-order valence-corrected chi connectivity index (χ0v) is 16.0. The Labute approximate surface area is 171 Å². The molecular formula is C21H16ClFN2O4. The maximum atomic E-state index is 13.1. The molecule has 6 nitrogen and oxygen atoms in total. The molecule has 0 aliphatic rings. The second-order valence-corrected chi connectivity index (χ2v) is 6.38. The van der Waals surface area contributed by atoms with E-state index in [-0.39, 0.29) is 22.4 Å². The highest BCUT2D eigenvalue weighted by Gasteiger charge is 2.19. The van der Waals surface area contributed by atoms with Gasteiger partial charge in [0.1, 0.15) is 17.3 Å². The predicted molar refractivity (Wildman–Crippen MR) is 106 cm³/mol. The second kappa shape index (κ2) is 9.16. The molecule has 0 fully saturated rings. The normalized spacial score (nSPS) is 11.4. The lowest BCUT2D eigenvalue weighted by Gasteiger charge is -2.15. The lowest BCUT2D eigenvalue weighted by Crippen LogP contribution is -2.28. The third-order valence-corrected chi connectivity index (χ3v) is 4.08. The maximum absolute atomic E-state index is 13.1. The van der Waals surface area contributed by atoms with Crippen molar-refractivity contribution in [3.8, 4) is 11.5 Å². The van der Waals surface area contributed by atoms with Gasteiger partial charge >= 0.3 is 5.97 Å². The summed E-state index contributed by atoms with van der Waals surface area (Å²) in [5, 5.41) is 2.75. The number of halogens is 2. The third kappa shape index (κ3) is 5.52. The number of anilines is 1. The Hall–Kier alpha value is -3.45. The quantitative estimate of drug-likeness (QED) is 0.474. The number of pyridine rings is 1. The van der Waals surface area contributed by atoms with E-state index in [0.29, 0.717) is 11.3 Å². The van der Waals surface area contributed by atoms with Crippen molar-refractivity contribution in [2.45, 2.75) is 13.0 Å². The fraction of sp³-hybridized carbons (Fsp3) is 0.0952. The van der Waals surface area contributed by atoms with Gasteiger partial charge in [-0.1, -0.05) is 11.6 Å². The Morgan fingerprint density at radius 2 is 1.90 bits per heavy atom. The van der Waals surface area contributed by atoms with E-state index < -0.39 is 17.9 Å². The van der Waals surface area contributed by atoms with Crippen molar-refractivity contribution in [1.29, 1.82) is 0 Å². The first-order valence-electron chi connectivity index (χ1n) is 8.57. The Balaban J connectivity index is 1.58. The van der Waals surface area contributed by atoms with E-state index in [1.165, 1.54) is 49.5 Å². The standard InChI is InChI=1S/C21H16ClFN2O4/c1-13(28-19-9-6-15(23)11-18(19)22)21(27)29-17-7-4-14(5-8-17)20(26)25-16-3-2-10-24-12-16/h2-13H,1H3,(H,25,26). The smallest absolute Gasteiger partial charge is 0.352 e. The van der Waals surface area contributed by atoms with Gasteiger partial charge in [-0.15, -0.1) is 0 Å². The van der Waals surface area contributed by atoms with Crippen LogP contribution in [0.3, 0.4) is 0 Å². The van der Waals surface area contributed by atoms with Crippen LogP contribution in [0.2, 0.25) is 5.02 Å². The lowest BCUT2D eigenvalue weighted by atomic mass is 10.2. The van der Waals surface area contributed by atoms with Crippen molar-refractivity contribution in [2.24, 2.45) is 0 Å². The summed E-state index contributed by atoms with van der Waals surface area (Å²) in [6, 6.07) is 13.1. The number of carbonyl (C=O) groups excluding carboxylic acids is 2. The van der Waals surface area contributed by atoms with Crippen LogP contribution in [0.15, 0.2) is 67.0 Å². The molecule has 0 bridgehead atoms. The highest BCUT2D eigenvalue weighted by molar-refractivity contribution is 6.32. The number of hydrogen-bond donors (Lipinski definition) is 1. The summed E-state index contributed by atoms with van der Waals surface area (Å²) in [6.45, 7) is 1.48. The molecule has 2 aromatic carbocycles.